The third kappa shape index (κ3) is 4.65. The van der Waals surface area contributed by atoms with Gasteiger partial charge in [-0.2, -0.15) is 4.99 Å². The van der Waals surface area contributed by atoms with E-state index in [1.165, 1.54) is 11.8 Å². The Balaban J connectivity index is 1.85. The van der Waals surface area contributed by atoms with Crippen molar-refractivity contribution in [1.29, 1.82) is 0 Å². The Morgan fingerprint density at radius 2 is 1.93 bits per heavy atom. The van der Waals surface area contributed by atoms with Crippen LogP contribution < -0.4 is 9.80 Å². The van der Waals surface area contributed by atoms with Crippen molar-refractivity contribution in [2.24, 2.45) is 4.99 Å². The van der Waals surface area contributed by atoms with Crippen molar-refractivity contribution in [2.75, 3.05) is 48.6 Å². The molecule has 0 aliphatic carbocycles. The minimum atomic E-state index is -3.14. The van der Waals surface area contributed by atoms with E-state index in [4.69, 9.17) is 9.84 Å². The lowest BCUT2D eigenvalue weighted by molar-refractivity contribution is -0.143. The highest BCUT2D eigenvalue weighted by atomic mass is 32.2. The molecule has 152 valence electrons. The maximum Gasteiger partial charge on any atom is 0.329 e. The minimum absolute atomic E-state index is 0.00280. The summed E-state index contributed by atoms with van der Waals surface area (Å²) in [6.07, 6.45) is 0. The molecule has 9 nitrogen and oxygen atoms in total. The van der Waals surface area contributed by atoms with Crippen LogP contribution in [0.4, 0.5) is 11.4 Å². The van der Waals surface area contributed by atoms with Gasteiger partial charge in [0.15, 0.2) is 15.0 Å². The van der Waals surface area contributed by atoms with Gasteiger partial charge in [0.05, 0.1) is 17.5 Å². The number of hydrogen-bond acceptors (Lipinski definition) is 7. The number of aliphatic carboxylic acids is 1. The zero-order chi connectivity index (χ0) is 20.5. The van der Waals surface area contributed by atoms with E-state index in [-0.39, 0.29) is 22.8 Å². The van der Waals surface area contributed by atoms with E-state index in [0.29, 0.717) is 5.17 Å². The topological polar surface area (TPSA) is 117 Å². The maximum atomic E-state index is 12.1. The number of carboxylic acid groups (broad SMARTS) is 1. The Hall–Kier alpha value is -2.11. The summed E-state index contributed by atoms with van der Waals surface area (Å²) >= 11 is 1.26. The van der Waals surface area contributed by atoms with Crippen molar-refractivity contribution in [3.8, 4) is 0 Å². The molecule has 0 bridgehead atoms. The SMILES string of the molecule is CN(C)c1ccc(N2C(=NC(=O)COCC(=O)O)S[C@@H]3CS(=O)(=O)C[C@@H]32)cc1. The van der Waals surface area contributed by atoms with Gasteiger partial charge in [-0.3, -0.25) is 4.79 Å². The van der Waals surface area contributed by atoms with Crippen molar-refractivity contribution in [3.63, 3.8) is 0 Å². The number of amides is 1. The van der Waals surface area contributed by atoms with Crippen molar-refractivity contribution >= 4 is 50.0 Å². The Bertz CT molecular complexity index is 898. The van der Waals surface area contributed by atoms with Gasteiger partial charge < -0.3 is 19.6 Å². The smallest absolute Gasteiger partial charge is 0.329 e. The summed E-state index contributed by atoms with van der Waals surface area (Å²) in [4.78, 5) is 30.4. The predicted molar refractivity (Wildman–Crippen MR) is 108 cm³/mol. The van der Waals surface area contributed by atoms with Crippen molar-refractivity contribution in [1.82, 2.24) is 0 Å². The molecule has 0 aromatic heterocycles. The molecule has 2 fully saturated rings. The Kier molecular flexibility index (Phi) is 5.96. The number of carbonyl (C=O) groups is 2. The third-order valence-corrected chi connectivity index (χ3v) is 7.59. The lowest BCUT2D eigenvalue weighted by Gasteiger charge is -2.25. The van der Waals surface area contributed by atoms with Crippen molar-refractivity contribution in [2.45, 2.75) is 11.3 Å². The second-order valence-electron chi connectivity index (χ2n) is 6.76. The summed E-state index contributed by atoms with van der Waals surface area (Å²) in [7, 11) is 0.695. The Labute approximate surface area is 167 Å². The summed E-state index contributed by atoms with van der Waals surface area (Å²) < 4.78 is 28.9. The number of ether oxygens (including phenoxy) is 1. The Morgan fingerprint density at radius 3 is 2.54 bits per heavy atom. The minimum Gasteiger partial charge on any atom is -0.480 e. The standard InChI is InChI=1S/C17H21N3O6S2/c1-19(2)11-3-5-12(6-4-11)20-13-9-28(24,25)10-14(13)27-17(20)18-15(21)7-26-8-16(22)23/h3-6,13-14H,7-10H2,1-2H3,(H,22,23)/t13-,14+/m0/s1. The maximum absolute atomic E-state index is 12.1. The fourth-order valence-electron chi connectivity index (χ4n) is 3.14. The fraction of sp³-hybridized carbons (Fsp3) is 0.471. The van der Waals surface area contributed by atoms with Gasteiger partial charge in [-0.05, 0) is 24.3 Å². The summed E-state index contributed by atoms with van der Waals surface area (Å²) in [5.74, 6) is -1.74. The fourth-order valence-corrected chi connectivity index (χ4v) is 7.07. The van der Waals surface area contributed by atoms with E-state index in [9.17, 15) is 18.0 Å². The van der Waals surface area contributed by atoms with Crippen LogP contribution in [0, 0.1) is 0 Å². The van der Waals surface area contributed by atoms with Gasteiger partial charge in [0.2, 0.25) is 0 Å². The van der Waals surface area contributed by atoms with Crippen molar-refractivity contribution < 1.29 is 27.9 Å². The first-order valence-corrected chi connectivity index (χ1v) is 11.2. The number of fused-ring (bicyclic) bond motifs is 1. The number of hydrogen-bond donors (Lipinski definition) is 1. The first-order chi connectivity index (χ1) is 13.2. The average Bonchev–Trinajstić information content (AvgIpc) is 3.05. The molecular weight excluding hydrogens is 406 g/mol. The highest BCUT2D eigenvalue weighted by molar-refractivity contribution is 8.16. The second kappa shape index (κ2) is 8.10. The summed E-state index contributed by atoms with van der Waals surface area (Å²) in [5, 5.41) is 8.78. The average molecular weight is 428 g/mol. The normalized spacial score (nSPS) is 24.4. The molecule has 3 rings (SSSR count). The number of carbonyl (C=O) groups excluding carboxylic acids is 1. The number of nitrogens with zero attached hydrogens (tertiary/aromatic N) is 3. The molecule has 1 amide bonds. The molecular formula is C17H21N3O6S2. The van der Waals surface area contributed by atoms with Crippen LogP contribution in [-0.4, -0.2) is 80.7 Å². The van der Waals surface area contributed by atoms with E-state index >= 15 is 0 Å². The van der Waals surface area contributed by atoms with Crippen LogP contribution >= 0.6 is 11.8 Å². The summed E-state index contributed by atoms with van der Waals surface area (Å²) in [5.41, 5.74) is 1.74. The highest BCUT2D eigenvalue weighted by Gasteiger charge is 2.49. The molecule has 11 heteroatoms. The van der Waals surface area contributed by atoms with Crippen LogP contribution in [0.5, 0.6) is 0 Å². The molecule has 0 radical (unpaired) electrons. The summed E-state index contributed by atoms with van der Waals surface area (Å²) in [6.45, 7) is -1.03. The molecule has 0 saturated carbocycles. The molecule has 1 aromatic rings. The van der Waals surface area contributed by atoms with E-state index in [1.54, 1.807) is 4.90 Å². The third-order valence-electron chi connectivity index (χ3n) is 4.38. The number of carboxylic acids is 1. The number of amidine groups is 1. The van der Waals surface area contributed by atoms with Gasteiger partial charge in [0.25, 0.3) is 5.91 Å². The number of benzene rings is 1. The van der Waals surface area contributed by atoms with E-state index < -0.39 is 34.9 Å². The first-order valence-electron chi connectivity index (χ1n) is 8.51. The van der Waals surface area contributed by atoms with Gasteiger partial charge in [-0.1, -0.05) is 11.8 Å². The zero-order valence-electron chi connectivity index (χ0n) is 15.4. The second-order valence-corrected chi connectivity index (χ2v) is 10.1. The molecule has 1 aromatic carbocycles. The number of aliphatic imine (C=N–C) groups is 1. The summed E-state index contributed by atoms with van der Waals surface area (Å²) in [6, 6.07) is 7.25. The predicted octanol–water partition coefficient (Wildman–Crippen LogP) is 0.455. The number of sulfone groups is 1. The monoisotopic (exact) mass is 427 g/mol. The molecule has 2 heterocycles. The molecule has 28 heavy (non-hydrogen) atoms. The first kappa shape index (κ1) is 20.6. The van der Waals surface area contributed by atoms with Crippen LogP contribution in [0.1, 0.15) is 0 Å². The van der Waals surface area contributed by atoms with Crippen molar-refractivity contribution in [3.05, 3.63) is 24.3 Å². The zero-order valence-corrected chi connectivity index (χ0v) is 17.1. The molecule has 1 N–H and O–H groups in total. The molecule has 2 saturated heterocycles. The highest BCUT2D eigenvalue weighted by Crippen LogP contribution is 2.41. The van der Waals surface area contributed by atoms with Crippen LogP contribution in [0.25, 0.3) is 0 Å². The van der Waals surface area contributed by atoms with Gasteiger partial charge in [-0.15, -0.1) is 0 Å². The number of anilines is 2. The molecule has 2 atom stereocenters. The van der Waals surface area contributed by atoms with E-state index in [1.807, 2.05) is 43.3 Å². The van der Waals surface area contributed by atoms with E-state index in [2.05, 4.69) is 4.99 Å². The van der Waals surface area contributed by atoms with E-state index in [0.717, 1.165) is 11.4 Å². The quantitative estimate of drug-likeness (QED) is 0.691. The lowest BCUT2D eigenvalue weighted by Crippen LogP contribution is -2.37. The number of thioether (sulfide) groups is 1. The van der Waals surface area contributed by atoms with Gasteiger partial charge in [-0.25, -0.2) is 13.2 Å². The van der Waals surface area contributed by atoms with Crippen LogP contribution in [0.2, 0.25) is 0 Å². The van der Waals surface area contributed by atoms with Crippen LogP contribution in [0.15, 0.2) is 29.3 Å². The molecule has 2 aliphatic heterocycles. The number of rotatable bonds is 6. The molecule has 2 aliphatic rings. The lowest BCUT2D eigenvalue weighted by atomic mass is 10.2. The van der Waals surface area contributed by atoms with Crippen LogP contribution in [-0.2, 0) is 24.2 Å². The Morgan fingerprint density at radius 1 is 1.25 bits per heavy atom. The van der Waals surface area contributed by atoms with Gasteiger partial charge in [0, 0.05) is 30.7 Å². The van der Waals surface area contributed by atoms with Crippen LogP contribution in [0.3, 0.4) is 0 Å². The largest absolute Gasteiger partial charge is 0.480 e. The molecule has 0 spiro atoms. The molecule has 0 unspecified atom stereocenters. The van der Waals surface area contributed by atoms with Gasteiger partial charge >= 0.3 is 5.97 Å². The van der Waals surface area contributed by atoms with Gasteiger partial charge in [0.1, 0.15) is 13.2 Å².